The Bertz CT molecular complexity index is 1350. The number of carbonyl (C=O) groups is 1. The number of benzene rings is 3. The number of imidazole rings is 1. The molecule has 1 atom stereocenters. The van der Waals surface area contributed by atoms with Crippen LogP contribution >= 0.6 is 0 Å². The highest BCUT2D eigenvalue weighted by atomic mass is 16.1. The first-order valence-corrected chi connectivity index (χ1v) is 11.5. The number of para-hydroxylation sites is 2. The number of fused-ring (bicyclic) bond motifs is 3. The number of anilines is 2. The lowest BCUT2D eigenvalue weighted by Crippen LogP contribution is -2.30. The van der Waals surface area contributed by atoms with Crippen molar-refractivity contribution in [2.24, 2.45) is 0 Å². The van der Waals surface area contributed by atoms with Gasteiger partial charge in [0.15, 0.2) is 0 Å². The summed E-state index contributed by atoms with van der Waals surface area (Å²) in [7, 11) is 0. The lowest BCUT2D eigenvalue weighted by molar-refractivity contribution is -0.113. The van der Waals surface area contributed by atoms with Crippen LogP contribution < -0.4 is 10.6 Å². The molecule has 0 spiro atoms. The van der Waals surface area contributed by atoms with Crippen molar-refractivity contribution in [3.63, 3.8) is 0 Å². The smallest absolute Gasteiger partial charge is 0.255 e. The maximum atomic E-state index is 13.7. The predicted molar refractivity (Wildman–Crippen MR) is 134 cm³/mol. The van der Waals surface area contributed by atoms with Crippen molar-refractivity contribution in [1.29, 1.82) is 0 Å². The fourth-order valence-corrected chi connectivity index (χ4v) is 4.53. The molecule has 1 aliphatic rings. The number of allylic oxidation sites excluding steroid dienone is 1. The minimum Gasteiger partial charge on any atom is -0.329 e. The fourth-order valence-electron chi connectivity index (χ4n) is 4.53. The van der Waals surface area contributed by atoms with Crippen molar-refractivity contribution in [1.82, 2.24) is 9.55 Å². The van der Waals surface area contributed by atoms with Gasteiger partial charge in [0.1, 0.15) is 0 Å². The summed E-state index contributed by atoms with van der Waals surface area (Å²) in [6, 6.07) is 24.4. The number of nitrogens with one attached hydrogen (secondary N) is 2. The molecule has 0 bridgehead atoms. The molecule has 2 N–H and O–H groups in total. The van der Waals surface area contributed by atoms with E-state index in [9.17, 15) is 4.79 Å². The standard InChI is InChI=1S/C28H28N4O/c1-4-19-10-14-21(15-11-19)26-25(27(33)30-22-16-12-20(5-2)13-17-22)18(3)29-28-31-23-8-6-7-9-24(23)32(26)28/h6-17,26H,4-5H2,1-3H3,(H,29,31)(H,30,33). The van der Waals surface area contributed by atoms with Gasteiger partial charge < -0.3 is 10.6 Å². The molecule has 0 saturated heterocycles. The summed E-state index contributed by atoms with van der Waals surface area (Å²) in [6.07, 6.45) is 1.94. The first-order valence-electron chi connectivity index (χ1n) is 11.5. The van der Waals surface area contributed by atoms with Crippen LogP contribution in [-0.4, -0.2) is 15.5 Å². The van der Waals surface area contributed by atoms with Gasteiger partial charge in [-0.25, -0.2) is 4.98 Å². The summed E-state index contributed by atoms with van der Waals surface area (Å²) in [5.41, 5.74) is 7.76. The van der Waals surface area contributed by atoms with Crippen molar-refractivity contribution in [3.8, 4) is 0 Å². The Morgan fingerprint density at radius 3 is 2.24 bits per heavy atom. The minimum absolute atomic E-state index is 0.114. The maximum Gasteiger partial charge on any atom is 0.255 e. The maximum absolute atomic E-state index is 13.7. The number of amides is 1. The SMILES string of the molecule is CCc1ccc(NC(=O)C2=C(C)Nc3nc4ccccc4n3C2c2ccc(CC)cc2)cc1. The Morgan fingerprint density at radius 2 is 1.58 bits per heavy atom. The Morgan fingerprint density at radius 1 is 0.939 bits per heavy atom. The van der Waals surface area contributed by atoms with Crippen molar-refractivity contribution < 1.29 is 4.79 Å². The molecule has 5 heteroatoms. The summed E-state index contributed by atoms with van der Waals surface area (Å²) in [4.78, 5) is 18.5. The second-order valence-electron chi connectivity index (χ2n) is 8.46. The third kappa shape index (κ3) is 3.80. The van der Waals surface area contributed by atoms with Crippen LogP contribution in [0.5, 0.6) is 0 Å². The van der Waals surface area contributed by atoms with E-state index in [0.29, 0.717) is 5.57 Å². The number of hydrogen-bond donors (Lipinski definition) is 2. The van der Waals surface area contributed by atoms with Gasteiger partial charge in [0, 0.05) is 11.4 Å². The third-order valence-electron chi connectivity index (χ3n) is 6.40. The number of aryl methyl sites for hydroxylation is 2. The highest BCUT2D eigenvalue weighted by molar-refractivity contribution is 6.06. The first kappa shape index (κ1) is 21.0. The van der Waals surface area contributed by atoms with Gasteiger partial charge in [-0.2, -0.15) is 0 Å². The second-order valence-corrected chi connectivity index (χ2v) is 8.46. The van der Waals surface area contributed by atoms with E-state index in [4.69, 9.17) is 4.98 Å². The van der Waals surface area contributed by atoms with E-state index in [1.807, 2.05) is 37.3 Å². The van der Waals surface area contributed by atoms with Gasteiger partial charge in [-0.05, 0) is 60.7 Å². The van der Waals surface area contributed by atoms with E-state index in [1.165, 1.54) is 11.1 Å². The van der Waals surface area contributed by atoms with Crippen LogP contribution in [-0.2, 0) is 17.6 Å². The van der Waals surface area contributed by atoms with E-state index in [1.54, 1.807) is 0 Å². The van der Waals surface area contributed by atoms with Crippen LogP contribution in [0.3, 0.4) is 0 Å². The molecular weight excluding hydrogens is 408 g/mol. The number of nitrogens with zero attached hydrogens (tertiary/aromatic N) is 2. The largest absolute Gasteiger partial charge is 0.329 e. The summed E-state index contributed by atoms with van der Waals surface area (Å²) >= 11 is 0. The number of aromatic nitrogens is 2. The fraction of sp³-hybridized carbons (Fsp3) is 0.214. The topological polar surface area (TPSA) is 59.0 Å². The van der Waals surface area contributed by atoms with Crippen molar-refractivity contribution in [3.05, 3.63) is 101 Å². The van der Waals surface area contributed by atoms with E-state index in [2.05, 4.69) is 71.5 Å². The second kappa shape index (κ2) is 8.58. The van der Waals surface area contributed by atoms with Crippen LogP contribution in [0.2, 0.25) is 0 Å². The summed E-state index contributed by atoms with van der Waals surface area (Å²) in [6.45, 7) is 6.22. The lowest BCUT2D eigenvalue weighted by Gasteiger charge is -2.31. The molecule has 3 aromatic carbocycles. The summed E-state index contributed by atoms with van der Waals surface area (Å²) < 4.78 is 2.14. The molecule has 0 aliphatic carbocycles. The monoisotopic (exact) mass is 436 g/mol. The zero-order valence-electron chi connectivity index (χ0n) is 19.2. The molecule has 2 heterocycles. The molecule has 5 rings (SSSR count). The molecule has 0 radical (unpaired) electrons. The van der Waals surface area contributed by atoms with Gasteiger partial charge in [0.2, 0.25) is 5.95 Å². The van der Waals surface area contributed by atoms with E-state index in [-0.39, 0.29) is 11.9 Å². The molecule has 4 aromatic rings. The normalized spacial score (nSPS) is 15.3. The average molecular weight is 437 g/mol. The highest BCUT2D eigenvalue weighted by Crippen LogP contribution is 2.39. The molecule has 166 valence electrons. The quantitative estimate of drug-likeness (QED) is 0.398. The minimum atomic E-state index is -0.283. The number of rotatable bonds is 5. The predicted octanol–water partition coefficient (Wildman–Crippen LogP) is 6.09. The van der Waals surface area contributed by atoms with Crippen LogP contribution in [0.4, 0.5) is 11.6 Å². The van der Waals surface area contributed by atoms with E-state index >= 15 is 0 Å². The Balaban J connectivity index is 1.61. The van der Waals surface area contributed by atoms with Gasteiger partial charge in [-0.15, -0.1) is 0 Å². The first-order chi connectivity index (χ1) is 16.1. The van der Waals surface area contributed by atoms with Crippen LogP contribution in [0.1, 0.15) is 43.5 Å². The Hall–Kier alpha value is -3.86. The molecule has 33 heavy (non-hydrogen) atoms. The highest BCUT2D eigenvalue weighted by Gasteiger charge is 2.34. The molecule has 1 aliphatic heterocycles. The van der Waals surface area contributed by atoms with Gasteiger partial charge in [-0.3, -0.25) is 9.36 Å². The van der Waals surface area contributed by atoms with Gasteiger partial charge in [-0.1, -0.05) is 62.4 Å². The molecule has 1 aromatic heterocycles. The Kier molecular flexibility index (Phi) is 5.47. The van der Waals surface area contributed by atoms with Crippen LogP contribution in [0.15, 0.2) is 84.1 Å². The van der Waals surface area contributed by atoms with Crippen molar-refractivity contribution in [2.45, 2.75) is 39.7 Å². The zero-order valence-corrected chi connectivity index (χ0v) is 19.2. The van der Waals surface area contributed by atoms with Crippen molar-refractivity contribution in [2.75, 3.05) is 10.6 Å². The van der Waals surface area contributed by atoms with Crippen LogP contribution in [0.25, 0.3) is 11.0 Å². The molecule has 5 nitrogen and oxygen atoms in total. The third-order valence-corrected chi connectivity index (χ3v) is 6.40. The number of hydrogen-bond acceptors (Lipinski definition) is 3. The van der Waals surface area contributed by atoms with Gasteiger partial charge >= 0.3 is 0 Å². The number of carbonyl (C=O) groups excluding carboxylic acids is 1. The van der Waals surface area contributed by atoms with Gasteiger partial charge in [0.25, 0.3) is 5.91 Å². The van der Waals surface area contributed by atoms with Gasteiger partial charge in [0.05, 0.1) is 22.6 Å². The molecule has 0 saturated carbocycles. The average Bonchev–Trinajstić information content (AvgIpc) is 3.21. The molecular formula is C28H28N4O. The lowest BCUT2D eigenvalue weighted by atomic mass is 9.93. The summed E-state index contributed by atoms with van der Waals surface area (Å²) in [5.74, 6) is 0.638. The molecule has 1 unspecified atom stereocenters. The summed E-state index contributed by atoms with van der Waals surface area (Å²) in [5, 5.41) is 6.49. The van der Waals surface area contributed by atoms with Crippen LogP contribution in [0, 0.1) is 0 Å². The molecule has 1 amide bonds. The Labute approximate surface area is 194 Å². The molecule has 0 fully saturated rings. The van der Waals surface area contributed by atoms with E-state index in [0.717, 1.165) is 46.8 Å². The zero-order chi connectivity index (χ0) is 22.9. The van der Waals surface area contributed by atoms with Crippen molar-refractivity contribution >= 4 is 28.6 Å². The van der Waals surface area contributed by atoms with E-state index < -0.39 is 0 Å².